The first kappa shape index (κ1) is 15.6. The molecule has 0 aliphatic rings. The molecule has 0 spiro atoms. The Balaban J connectivity index is 4.11. The summed E-state index contributed by atoms with van der Waals surface area (Å²) in [5, 5.41) is 2.64. The Bertz CT molecular complexity index is 256. The van der Waals surface area contributed by atoms with Crippen LogP contribution in [0.4, 0.5) is 0 Å². The Morgan fingerprint density at radius 3 is 2.59 bits per heavy atom. The Labute approximate surface area is 102 Å². The normalized spacial score (nSPS) is 10.1. The second kappa shape index (κ2) is 9.80. The van der Waals surface area contributed by atoms with Crippen LogP contribution in [0.25, 0.3) is 0 Å². The zero-order chi connectivity index (χ0) is 13.1. The van der Waals surface area contributed by atoms with E-state index < -0.39 is 0 Å². The maximum absolute atomic E-state index is 11.5. The van der Waals surface area contributed by atoms with Gasteiger partial charge in [0.1, 0.15) is 0 Å². The summed E-state index contributed by atoms with van der Waals surface area (Å²) in [5.41, 5.74) is 0. The maximum Gasteiger partial charge on any atom is 0.319 e. The van der Waals surface area contributed by atoms with Crippen LogP contribution in [0, 0.1) is 0 Å². The number of carbonyl (C=O) groups is 2. The third-order valence-electron chi connectivity index (χ3n) is 2.00. The van der Waals surface area contributed by atoms with Crippen molar-refractivity contribution in [2.24, 2.45) is 0 Å². The molecule has 1 N–H and O–H groups in total. The fraction of sp³-hybridized carbons (Fsp3) is 0.636. The maximum atomic E-state index is 11.5. The van der Waals surface area contributed by atoms with E-state index in [-0.39, 0.29) is 25.0 Å². The molecule has 0 heterocycles. The molecule has 0 radical (unpaired) electrons. The topological polar surface area (TPSA) is 67.9 Å². The van der Waals surface area contributed by atoms with Crippen LogP contribution < -0.4 is 5.32 Å². The number of nitrogens with zero attached hydrogens (tertiary/aromatic N) is 1. The van der Waals surface area contributed by atoms with E-state index in [4.69, 9.17) is 4.74 Å². The highest BCUT2D eigenvalue weighted by Crippen LogP contribution is 1.90. The fourth-order valence-corrected chi connectivity index (χ4v) is 1.13. The SMILES string of the molecule is C=CCNC(=O)CN(CCOC)CC(=O)OC. The lowest BCUT2D eigenvalue weighted by atomic mass is 10.4. The van der Waals surface area contributed by atoms with Crippen LogP contribution in [0.5, 0.6) is 0 Å². The van der Waals surface area contributed by atoms with Gasteiger partial charge in [0, 0.05) is 20.2 Å². The zero-order valence-electron chi connectivity index (χ0n) is 10.4. The molecule has 0 saturated heterocycles. The summed E-state index contributed by atoms with van der Waals surface area (Å²) in [6.45, 7) is 5.06. The van der Waals surface area contributed by atoms with Crippen LogP contribution in [0.3, 0.4) is 0 Å². The first-order chi connectivity index (χ1) is 8.13. The first-order valence-electron chi connectivity index (χ1n) is 5.29. The van der Waals surface area contributed by atoms with E-state index in [9.17, 15) is 9.59 Å². The van der Waals surface area contributed by atoms with Gasteiger partial charge in [-0.3, -0.25) is 14.5 Å². The van der Waals surface area contributed by atoms with Gasteiger partial charge in [-0.1, -0.05) is 6.08 Å². The van der Waals surface area contributed by atoms with Gasteiger partial charge in [-0.25, -0.2) is 0 Å². The number of carbonyl (C=O) groups excluding carboxylic acids is 2. The summed E-state index contributed by atoms with van der Waals surface area (Å²) in [6.07, 6.45) is 1.59. The zero-order valence-corrected chi connectivity index (χ0v) is 10.4. The number of rotatable bonds is 9. The fourth-order valence-electron chi connectivity index (χ4n) is 1.13. The summed E-state index contributed by atoms with van der Waals surface area (Å²) >= 11 is 0. The van der Waals surface area contributed by atoms with Crippen molar-refractivity contribution < 1.29 is 19.1 Å². The van der Waals surface area contributed by atoms with Crippen molar-refractivity contribution in [2.75, 3.05) is 47.0 Å². The molecule has 0 bridgehead atoms. The van der Waals surface area contributed by atoms with Crippen LogP contribution in [0.2, 0.25) is 0 Å². The molecule has 0 atom stereocenters. The molecule has 0 aromatic heterocycles. The average molecular weight is 244 g/mol. The molecule has 6 nitrogen and oxygen atoms in total. The van der Waals surface area contributed by atoms with E-state index in [1.54, 1.807) is 18.1 Å². The summed E-state index contributed by atoms with van der Waals surface area (Å²) in [6, 6.07) is 0. The number of hydrogen-bond donors (Lipinski definition) is 1. The summed E-state index contributed by atoms with van der Waals surface area (Å²) < 4.78 is 9.46. The molecule has 98 valence electrons. The molecule has 0 rings (SSSR count). The minimum Gasteiger partial charge on any atom is -0.468 e. The number of ether oxygens (including phenoxy) is 2. The van der Waals surface area contributed by atoms with E-state index >= 15 is 0 Å². The number of hydrogen-bond acceptors (Lipinski definition) is 5. The van der Waals surface area contributed by atoms with E-state index in [1.807, 2.05) is 0 Å². The molecule has 17 heavy (non-hydrogen) atoms. The van der Waals surface area contributed by atoms with Gasteiger partial charge in [-0.15, -0.1) is 6.58 Å². The smallest absolute Gasteiger partial charge is 0.319 e. The molecule has 0 aliphatic carbocycles. The van der Waals surface area contributed by atoms with Gasteiger partial charge in [0.25, 0.3) is 0 Å². The van der Waals surface area contributed by atoms with Gasteiger partial charge < -0.3 is 14.8 Å². The van der Waals surface area contributed by atoms with Gasteiger partial charge >= 0.3 is 5.97 Å². The lowest BCUT2D eigenvalue weighted by Gasteiger charge is -2.19. The van der Waals surface area contributed by atoms with Crippen LogP contribution in [-0.2, 0) is 19.1 Å². The lowest BCUT2D eigenvalue weighted by Crippen LogP contribution is -2.41. The van der Waals surface area contributed by atoms with Gasteiger partial charge in [0.2, 0.25) is 5.91 Å². The molecule has 0 unspecified atom stereocenters. The van der Waals surface area contributed by atoms with Crippen molar-refractivity contribution in [1.82, 2.24) is 10.2 Å². The van der Waals surface area contributed by atoms with E-state index in [0.717, 1.165) is 0 Å². The Morgan fingerprint density at radius 2 is 2.06 bits per heavy atom. The van der Waals surface area contributed by atoms with Crippen molar-refractivity contribution >= 4 is 11.9 Å². The van der Waals surface area contributed by atoms with Crippen LogP contribution in [-0.4, -0.2) is 63.8 Å². The third-order valence-corrected chi connectivity index (χ3v) is 2.00. The van der Waals surface area contributed by atoms with Crippen LogP contribution >= 0.6 is 0 Å². The molecular weight excluding hydrogens is 224 g/mol. The van der Waals surface area contributed by atoms with Crippen molar-refractivity contribution in [3.63, 3.8) is 0 Å². The molecule has 1 amide bonds. The third kappa shape index (κ3) is 8.41. The quantitative estimate of drug-likeness (QED) is 0.434. The second-order valence-corrected chi connectivity index (χ2v) is 3.37. The first-order valence-corrected chi connectivity index (χ1v) is 5.29. The van der Waals surface area contributed by atoms with Crippen LogP contribution in [0.15, 0.2) is 12.7 Å². The van der Waals surface area contributed by atoms with E-state index in [0.29, 0.717) is 19.7 Å². The summed E-state index contributed by atoms with van der Waals surface area (Å²) in [7, 11) is 2.88. The number of amides is 1. The minimum atomic E-state index is -0.377. The predicted octanol–water partition coefficient (Wildman–Crippen LogP) is -0.590. The van der Waals surface area contributed by atoms with Crippen molar-refractivity contribution in [1.29, 1.82) is 0 Å². The minimum absolute atomic E-state index is 0.0708. The van der Waals surface area contributed by atoms with Crippen LogP contribution in [0.1, 0.15) is 0 Å². The number of nitrogens with one attached hydrogen (secondary N) is 1. The predicted molar refractivity (Wildman–Crippen MR) is 63.5 cm³/mol. The summed E-state index contributed by atoms with van der Waals surface area (Å²) in [4.78, 5) is 24.2. The second-order valence-electron chi connectivity index (χ2n) is 3.37. The van der Waals surface area contributed by atoms with E-state index in [1.165, 1.54) is 7.11 Å². The lowest BCUT2D eigenvalue weighted by molar-refractivity contribution is -0.142. The highest BCUT2D eigenvalue weighted by atomic mass is 16.5. The molecular formula is C11H20N2O4. The highest BCUT2D eigenvalue weighted by molar-refractivity contribution is 5.79. The van der Waals surface area contributed by atoms with Gasteiger partial charge in [-0.2, -0.15) is 0 Å². The Hall–Kier alpha value is -1.40. The monoisotopic (exact) mass is 244 g/mol. The van der Waals surface area contributed by atoms with Gasteiger partial charge in [-0.05, 0) is 0 Å². The van der Waals surface area contributed by atoms with E-state index in [2.05, 4.69) is 16.6 Å². The van der Waals surface area contributed by atoms with Gasteiger partial charge in [0.15, 0.2) is 0 Å². The summed E-state index contributed by atoms with van der Waals surface area (Å²) in [5.74, 6) is -0.539. The molecule has 0 aliphatic heterocycles. The molecule has 6 heteroatoms. The number of esters is 1. The van der Waals surface area contributed by atoms with Crippen molar-refractivity contribution in [3.8, 4) is 0 Å². The highest BCUT2D eigenvalue weighted by Gasteiger charge is 2.14. The van der Waals surface area contributed by atoms with Crippen molar-refractivity contribution in [2.45, 2.75) is 0 Å². The number of methoxy groups -OCH3 is 2. The molecule has 0 saturated carbocycles. The molecule has 0 aromatic rings. The van der Waals surface area contributed by atoms with Crippen molar-refractivity contribution in [3.05, 3.63) is 12.7 Å². The Morgan fingerprint density at radius 1 is 1.35 bits per heavy atom. The molecule has 0 fully saturated rings. The van der Waals surface area contributed by atoms with Gasteiger partial charge in [0.05, 0.1) is 26.8 Å². The average Bonchev–Trinajstić information content (AvgIpc) is 2.33. The largest absolute Gasteiger partial charge is 0.468 e. The Kier molecular flexibility index (Phi) is 8.99. The standard InChI is InChI=1S/C11H20N2O4/c1-4-5-12-10(14)8-13(6-7-16-2)9-11(15)17-3/h4H,1,5-9H2,2-3H3,(H,12,14). The molecule has 0 aromatic carbocycles.